The Morgan fingerprint density at radius 3 is 2.81 bits per heavy atom. The lowest BCUT2D eigenvalue weighted by atomic mass is 10.2. The number of hydrogen-bond acceptors (Lipinski definition) is 3. The summed E-state index contributed by atoms with van der Waals surface area (Å²) < 4.78 is 0.808. The Kier molecular flexibility index (Phi) is 4.84. The van der Waals surface area contributed by atoms with Crippen LogP contribution in [0.4, 0.5) is 0 Å². The molecule has 0 spiro atoms. The fourth-order valence-electron chi connectivity index (χ4n) is 3.10. The van der Waals surface area contributed by atoms with Crippen LogP contribution < -0.4 is 5.32 Å². The van der Waals surface area contributed by atoms with Crippen molar-refractivity contribution in [2.75, 3.05) is 39.3 Å². The maximum Gasteiger partial charge on any atom is 0.255 e. The van der Waals surface area contributed by atoms with Crippen LogP contribution in [0.15, 0.2) is 22.7 Å². The van der Waals surface area contributed by atoms with Crippen molar-refractivity contribution in [3.05, 3.63) is 33.3 Å². The zero-order valence-electron chi connectivity index (χ0n) is 11.8. The topological polar surface area (TPSA) is 35.6 Å². The van der Waals surface area contributed by atoms with Crippen LogP contribution in [0.3, 0.4) is 0 Å². The molecule has 0 aromatic heterocycles. The second-order valence-electron chi connectivity index (χ2n) is 5.60. The second kappa shape index (κ2) is 6.65. The van der Waals surface area contributed by atoms with E-state index in [-0.39, 0.29) is 5.91 Å². The summed E-state index contributed by atoms with van der Waals surface area (Å²) in [6.07, 6.45) is 1.06. The minimum atomic E-state index is 0.0713. The van der Waals surface area contributed by atoms with E-state index in [2.05, 4.69) is 26.1 Å². The average Bonchev–Trinajstić information content (AvgIpc) is 3.00. The molecule has 2 heterocycles. The fourth-order valence-corrected chi connectivity index (χ4v) is 3.69. The molecule has 0 aliphatic carbocycles. The average molecular weight is 373 g/mol. The Morgan fingerprint density at radius 1 is 1.29 bits per heavy atom. The number of nitrogens with zero attached hydrogens (tertiary/aromatic N) is 2. The molecule has 1 unspecified atom stereocenters. The van der Waals surface area contributed by atoms with Gasteiger partial charge in [-0.2, -0.15) is 0 Å². The van der Waals surface area contributed by atoms with Gasteiger partial charge < -0.3 is 10.2 Å². The molecule has 0 bridgehead atoms. The van der Waals surface area contributed by atoms with Gasteiger partial charge in [0.25, 0.3) is 5.91 Å². The smallest absolute Gasteiger partial charge is 0.255 e. The molecule has 1 aromatic carbocycles. The van der Waals surface area contributed by atoms with Gasteiger partial charge in [-0.05, 0) is 40.5 Å². The highest BCUT2D eigenvalue weighted by atomic mass is 79.9. The van der Waals surface area contributed by atoms with Crippen molar-refractivity contribution >= 4 is 33.4 Å². The molecule has 1 N–H and O–H groups in total. The van der Waals surface area contributed by atoms with E-state index >= 15 is 0 Å². The SMILES string of the molecule is O=C(c1cc(Cl)ccc1Br)N1CCC(N2CCNCC2)C1. The molecule has 1 amide bonds. The highest BCUT2D eigenvalue weighted by Crippen LogP contribution is 2.25. The Morgan fingerprint density at radius 2 is 2.05 bits per heavy atom. The first-order valence-electron chi connectivity index (χ1n) is 7.34. The molecule has 4 nitrogen and oxygen atoms in total. The van der Waals surface area contributed by atoms with Crippen molar-refractivity contribution < 1.29 is 4.79 Å². The van der Waals surface area contributed by atoms with Gasteiger partial charge in [-0.1, -0.05) is 11.6 Å². The third-order valence-corrected chi connectivity index (χ3v) is 5.20. The lowest BCUT2D eigenvalue weighted by Crippen LogP contribution is -2.49. The Labute approximate surface area is 138 Å². The highest BCUT2D eigenvalue weighted by molar-refractivity contribution is 9.10. The quantitative estimate of drug-likeness (QED) is 0.865. The van der Waals surface area contributed by atoms with E-state index in [0.29, 0.717) is 16.6 Å². The molecule has 0 saturated carbocycles. The Bertz CT molecular complexity index is 534. The molecule has 1 aromatic rings. The minimum absolute atomic E-state index is 0.0713. The van der Waals surface area contributed by atoms with Crippen LogP contribution in [-0.4, -0.2) is 61.0 Å². The van der Waals surface area contributed by atoms with Crippen molar-refractivity contribution in [3.8, 4) is 0 Å². The van der Waals surface area contributed by atoms with E-state index in [1.165, 1.54) is 0 Å². The zero-order valence-corrected chi connectivity index (χ0v) is 14.2. The molecule has 2 saturated heterocycles. The fraction of sp³-hybridized carbons (Fsp3) is 0.533. The van der Waals surface area contributed by atoms with Crippen molar-refractivity contribution in [3.63, 3.8) is 0 Å². The molecule has 114 valence electrons. The summed E-state index contributed by atoms with van der Waals surface area (Å²) in [5.41, 5.74) is 0.656. The van der Waals surface area contributed by atoms with E-state index in [9.17, 15) is 4.79 Å². The molecule has 0 radical (unpaired) electrons. The first-order valence-corrected chi connectivity index (χ1v) is 8.51. The number of rotatable bonds is 2. The standard InChI is InChI=1S/C15H19BrClN3O/c16-14-2-1-11(17)9-13(14)15(21)20-6-3-12(10-20)19-7-4-18-5-8-19/h1-2,9,12,18H,3-8,10H2. The number of carbonyl (C=O) groups is 1. The number of nitrogens with one attached hydrogen (secondary N) is 1. The van der Waals surface area contributed by atoms with Gasteiger partial charge in [-0.3, -0.25) is 9.69 Å². The van der Waals surface area contributed by atoms with E-state index in [1.54, 1.807) is 12.1 Å². The molecule has 3 rings (SSSR count). The van der Waals surface area contributed by atoms with Crippen LogP contribution in [0.25, 0.3) is 0 Å². The molecule has 1 atom stereocenters. The molecule has 2 aliphatic heterocycles. The van der Waals surface area contributed by atoms with Crippen LogP contribution in [0.5, 0.6) is 0 Å². The van der Waals surface area contributed by atoms with Crippen molar-refractivity contribution in [2.24, 2.45) is 0 Å². The van der Waals surface area contributed by atoms with Gasteiger partial charge >= 0.3 is 0 Å². The third-order valence-electron chi connectivity index (χ3n) is 4.28. The first kappa shape index (κ1) is 15.3. The maximum atomic E-state index is 12.7. The summed E-state index contributed by atoms with van der Waals surface area (Å²) in [4.78, 5) is 17.1. The third kappa shape index (κ3) is 3.42. The summed E-state index contributed by atoms with van der Waals surface area (Å²) in [6, 6.07) is 5.86. The number of carbonyl (C=O) groups excluding carboxylic acids is 1. The number of amides is 1. The molecular formula is C15H19BrClN3O. The number of likely N-dealkylation sites (tertiary alicyclic amines) is 1. The van der Waals surface area contributed by atoms with E-state index in [4.69, 9.17) is 11.6 Å². The molecule has 6 heteroatoms. The van der Waals surface area contributed by atoms with Gasteiger partial charge in [0, 0.05) is 54.8 Å². The minimum Gasteiger partial charge on any atom is -0.337 e. The second-order valence-corrected chi connectivity index (χ2v) is 6.89. The van der Waals surface area contributed by atoms with Crippen molar-refractivity contribution in [1.82, 2.24) is 15.1 Å². The number of hydrogen-bond donors (Lipinski definition) is 1. The lowest BCUT2D eigenvalue weighted by molar-refractivity contribution is 0.0772. The largest absolute Gasteiger partial charge is 0.337 e. The van der Waals surface area contributed by atoms with Gasteiger partial charge in [-0.25, -0.2) is 0 Å². The van der Waals surface area contributed by atoms with Crippen LogP contribution in [0.1, 0.15) is 16.8 Å². The summed E-state index contributed by atoms with van der Waals surface area (Å²) in [6.45, 7) is 5.89. The van der Waals surface area contributed by atoms with Gasteiger partial charge in [0.1, 0.15) is 0 Å². The first-order chi connectivity index (χ1) is 10.1. The monoisotopic (exact) mass is 371 g/mol. The van der Waals surface area contributed by atoms with Crippen molar-refractivity contribution in [1.29, 1.82) is 0 Å². The van der Waals surface area contributed by atoms with Gasteiger partial charge in [0.05, 0.1) is 5.56 Å². The Balaban J connectivity index is 1.67. The highest BCUT2D eigenvalue weighted by Gasteiger charge is 2.31. The molecular weight excluding hydrogens is 354 g/mol. The van der Waals surface area contributed by atoms with Gasteiger partial charge in [-0.15, -0.1) is 0 Å². The van der Waals surface area contributed by atoms with Crippen LogP contribution in [-0.2, 0) is 0 Å². The number of benzene rings is 1. The number of piperazine rings is 1. The summed E-state index contributed by atoms with van der Waals surface area (Å²) in [5, 5.41) is 3.97. The van der Waals surface area contributed by atoms with Crippen LogP contribution in [0, 0.1) is 0 Å². The summed E-state index contributed by atoms with van der Waals surface area (Å²) in [5.74, 6) is 0.0713. The molecule has 2 aliphatic rings. The van der Waals surface area contributed by atoms with E-state index in [0.717, 1.165) is 50.2 Å². The number of halogens is 2. The maximum absolute atomic E-state index is 12.7. The van der Waals surface area contributed by atoms with Gasteiger partial charge in [0.15, 0.2) is 0 Å². The van der Waals surface area contributed by atoms with Crippen molar-refractivity contribution in [2.45, 2.75) is 12.5 Å². The van der Waals surface area contributed by atoms with Crippen LogP contribution in [0.2, 0.25) is 5.02 Å². The summed E-state index contributed by atoms with van der Waals surface area (Å²) >= 11 is 9.46. The predicted octanol–water partition coefficient (Wildman–Crippen LogP) is 2.22. The lowest BCUT2D eigenvalue weighted by Gasteiger charge is -2.32. The molecule has 2 fully saturated rings. The molecule has 21 heavy (non-hydrogen) atoms. The predicted molar refractivity (Wildman–Crippen MR) is 87.9 cm³/mol. The summed E-state index contributed by atoms with van der Waals surface area (Å²) in [7, 11) is 0. The van der Waals surface area contributed by atoms with Gasteiger partial charge in [0.2, 0.25) is 0 Å². The normalized spacial score (nSPS) is 23.5. The Hall–Kier alpha value is -0.620. The van der Waals surface area contributed by atoms with E-state index < -0.39 is 0 Å². The van der Waals surface area contributed by atoms with E-state index in [1.807, 2.05) is 11.0 Å². The van der Waals surface area contributed by atoms with Crippen LogP contribution >= 0.6 is 27.5 Å². The zero-order chi connectivity index (χ0) is 14.8.